The Hall–Kier alpha value is 0.400. The predicted octanol–water partition coefficient (Wildman–Crippen LogP) is 3.75. The summed E-state index contributed by atoms with van der Waals surface area (Å²) in [7, 11) is 4.42. The molecule has 1 aliphatic rings. The van der Waals surface area contributed by atoms with Crippen LogP contribution in [0.4, 0.5) is 0 Å². The van der Waals surface area contributed by atoms with Gasteiger partial charge in [0.2, 0.25) is 0 Å². The second kappa shape index (κ2) is 10.2. The van der Waals surface area contributed by atoms with Crippen LogP contribution in [0.5, 0.6) is 0 Å². The summed E-state index contributed by atoms with van der Waals surface area (Å²) in [5.74, 6) is 0. The molecule has 1 aliphatic heterocycles. The van der Waals surface area contributed by atoms with Crippen molar-refractivity contribution in [1.29, 1.82) is 0 Å². The van der Waals surface area contributed by atoms with Gasteiger partial charge < -0.3 is 9.80 Å². The van der Waals surface area contributed by atoms with Gasteiger partial charge >= 0.3 is 0 Å². The quantitative estimate of drug-likeness (QED) is 0.447. The first-order chi connectivity index (χ1) is 8.74. The molecule has 0 aromatic rings. The zero-order valence-corrected chi connectivity index (χ0v) is 13.9. The average molecular weight is 319 g/mol. The number of rotatable bonds is 10. The lowest BCUT2D eigenvalue weighted by Gasteiger charge is -2.20. The van der Waals surface area contributed by atoms with Crippen LogP contribution in [0.2, 0.25) is 0 Å². The van der Waals surface area contributed by atoms with Crippen LogP contribution in [0.1, 0.15) is 51.4 Å². The molecule has 0 aliphatic carbocycles. The number of halogens is 1. The van der Waals surface area contributed by atoms with Gasteiger partial charge in [0, 0.05) is 17.9 Å². The van der Waals surface area contributed by atoms with Crippen molar-refractivity contribution < 1.29 is 0 Å². The molecule has 0 spiro atoms. The molecule has 1 unspecified atom stereocenters. The summed E-state index contributed by atoms with van der Waals surface area (Å²) >= 11 is 3.49. The highest BCUT2D eigenvalue weighted by atomic mass is 79.9. The zero-order chi connectivity index (χ0) is 13.2. The van der Waals surface area contributed by atoms with E-state index in [9.17, 15) is 0 Å². The van der Waals surface area contributed by atoms with Crippen LogP contribution in [0.25, 0.3) is 0 Å². The van der Waals surface area contributed by atoms with Crippen molar-refractivity contribution in [3.63, 3.8) is 0 Å². The van der Waals surface area contributed by atoms with Gasteiger partial charge in [-0.3, -0.25) is 0 Å². The molecule has 0 N–H and O–H groups in total. The van der Waals surface area contributed by atoms with Crippen LogP contribution < -0.4 is 0 Å². The molecule has 0 amide bonds. The molecule has 1 rings (SSSR count). The van der Waals surface area contributed by atoms with Crippen molar-refractivity contribution in [1.82, 2.24) is 9.80 Å². The standard InChI is InChI=1S/C15H31BrN2/c1-17(2)15-10-13-18(14-15)12-9-7-5-3-4-6-8-11-16/h15H,3-14H2,1-2H3. The first kappa shape index (κ1) is 16.5. The molecular formula is C15H31BrN2. The van der Waals surface area contributed by atoms with Crippen LogP contribution in [0, 0.1) is 0 Å². The number of likely N-dealkylation sites (tertiary alicyclic amines) is 1. The number of nitrogens with zero attached hydrogens (tertiary/aromatic N) is 2. The van der Waals surface area contributed by atoms with E-state index in [4.69, 9.17) is 0 Å². The fourth-order valence-corrected chi connectivity index (χ4v) is 3.15. The molecule has 1 saturated heterocycles. The predicted molar refractivity (Wildman–Crippen MR) is 84.6 cm³/mol. The molecule has 1 atom stereocenters. The number of hydrogen-bond acceptors (Lipinski definition) is 2. The van der Waals surface area contributed by atoms with Gasteiger partial charge in [-0.1, -0.05) is 48.0 Å². The Balaban J connectivity index is 1.87. The Morgan fingerprint density at radius 3 is 2.17 bits per heavy atom. The lowest BCUT2D eigenvalue weighted by atomic mass is 10.1. The van der Waals surface area contributed by atoms with Gasteiger partial charge in [-0.2, -0.15) is 0 Å². The first-order valence-corrected chi connectivity index (χ1v) is 8.81. The summed E-state index contributed by atoms with van der Waals surface area (Å²) in [5, 5.41) is 1.18. The third kappa shape index (κ3) is 7.10. The second-order valence-corrected chi connectivity index (χ2v) is 6.66. The van der Waals surface area contributed by atoms with Gasteiger partial charge in [-0.05, 0) is 46.4 Å². The Bertz CT molecular complexity index is 197. The fourth-order valence-electron chi connectivity index (χ4n) is 2.75. The van der Waals surface area contributed by atoms with E-state index in [-0.39, 0.29) is 0 Å². The largest absolute Gasteiger partial charge is 0.305 e. The van der Waals surface area contributed by atoms with E-state index in [1.807, 2.05) is 0 Å². The third-order valence-electron chi connectivity index (χ3n) is 4.09. The minimum absolute atomic E-state index is 0.800. The SMILES string of the molecule is CN(C)C1CCN(CCCCCCCCCBr)C1. The number of hydrogen-bond donors (Lipinski definition) is 0. The van der Waals surface area contributed by atoms with Crippen LogP contribution in [0.15, 0.2) is 0 Å². The molecule has 108 valence electrons. The summed E-state index contributed by atoms with van der Waals surface area (Å²) in [6.07, 6.45) is 11.2. The van der Waals surface area contributed by atoms with E-state index in [0.717, 1.165) is 6.04 Å². The van der Waals surface area contributed by atoms with Gasteiger partial charge in [-0.15, -0.1) is 0 Å². The summed E-state index contributed by atoms with van der Waals surface area (Å²) < 4.78 is 0. The molecule has 0 saturated carbocycles. The third-order valence-corrected chi connectivity index (χ3v) is 4.65. The lowest BCUT2D eigenvalue weighted by Crippen LogP contribution is -2.31. The Labute approximate surface area is 122 Å². The molecule has 1 fully saturated rings. The van der Waals surface area contributed by atoms with Crippen molar-refractivity contribution in [2.75, 3.05) is 39.1 Å². The van der Waals surface area contributed by atoms with Gasteiger partial charge in [0.25, 0.3) is 0 Å². The topological polar surface area (TPSA) is 6.48 Å². The highest BCUT2D eigenvalue weighted by molar-refractivity contribution is 9.09. The van der Waals surface area contributed by atoms with Crippen molar-refractivity contribution in [2.45, 2.75) is 57.4 Å². The molecule has 0 aromatic heterocycles. The van der Waals surface area contributed by atoms with Crippen LogP contribution >= 0.6 is 15.9 Å². The molecule has 3 heteroatoms. The Morgan fingerprint density at radius 1 is 1.00 bits per heavy atom. The summed E-state index contributed by atoms with van der Waals surface area (Å²) in [6.45, 7) is 3.93. The Kier molecular flexibility index (Phi) is 9.34. The van der Waals surface area contributed by atoms with Crippen molar-refractivity contribution >= 4 is 15.9 Å². The van der Waals surface area contributed by atoms with E-state index in [1.165, 1.54) is 76.3 Å². The van der Waals surface area contributed by atoms with Gasteiger partial charge in [0.1, 0.15) is 0 Å². The normalized spacial score (nSPS) is 21.0. The van der Waals surface area contributed by atoms with Gasteiger partial charge in [-0.25, -0.2) is 0 Å². The molecule has 18 heavy (non-hydrogen) atoms. The molecule has 1 heterocycles. The second-order valence-electron chi connectivity index (χ2n) is 5.87. The van der Waals surface area contributed by atoms with Gasteiger partial charge in [0.05, 0.1) is 0 Å². The molecule has 0 radical (unpaired) electrons. The van der Waals surface area contributed by atoms with Crippen molar-refractivity contribution in [3.8, 4) is 0 Å². The number of unbranched alkanes of at least 4 members (excludes halogenated alkanes) is 6. The van der Waals surface area contributed by atoms with E-state index in [1.54, 1.807) is 0 Å². The minimum atomic E-state index is 0.800. The molecular weight excluding hydrogens is 288 g/mol. The highest BCUT2D eigenvalue weighted by Crippen LogP contribution is 2.14. The van der Waals surface area contributed by atoms with E-state index >= 15 is 0 Å². The minimum Gasteiger partial charge on any atom is -0.305 e. The number of likely N-dealkylation sites (N-methyl/N-ethyl adjacent to an activating group) is 1. The van der Waals surface area contributed by atoms with E-state index in [2.05, 4.69) is 39.8 Å². The first-order valence-electron chi connectivity index (χ1n) is 7.69. The van der Waals surface area contributed by atoms with Crippen molar-refractivity contribution in [2.24, 2.45) is 0 Å². The highest BCUT2D eigenvalue weighted by Gasteiger charge is 2.22. The van der Waals surface area contributed by atoms with Crippen LogP contribution in [0.3, 0.4) is 0 Å². The monoisotopic (exact) mass is 318 g/mol. The molecule has 0 bridgehead atoms. The van der Waals surface area contributed by atoms with E-state index < -0.39 is 0 Å². The molecule has 0 aromatic carbocycles. The smallest absolute Gasteiger partial charge is 0.0229 e. The lowest BCUT2D eigenvalue weighted by molar-refractivity contribution is 0.265. The maximum atomic E-state index is 3.49. The van der Waals surface area contributed by atoms with Crippen molar-refractivity contribution in [3.05, 3.63) is 0 Å². The van der Waals surface area contributed by atoms with E-state index in [0.29, 0.717) is 0 Å². The van der Waals surface area contributed by atoms with Crippen LogP contribution in [-0.4, -0.2) is 54.9 Å². The maximum Gasteiger partial charge on any atom is 0.0229 e. The summed E-state index contributed by atoms with van der Waals surface area (Å²) in [4.78, 5) is 5.03. The zero-order valence-electron chi connectivity index (χ0n) is 12.3. The van der Waals surface area contributed by atoms with Crippen LogP contribution in [-0.2, 0) is 0 Å². The average Bonchev–Trinajstić information content (AvgIpc) is 2.81. The van der Waals surface area contributed by atoms with Gasteiger partial charge in [0.15, 0.2) is 0 Å². The maximum absolute atomic E-state index is 3.49. The fraction of sp³-hybridized carbons (Fsp3) is 1.00. The Morgan fingerprint density at radius 2 is 1.61 bits per heavy atom. The summed E-state index contributed by atoms with van der Waals surface area (Å²) in [5.41, 5.74) is 0. The molecule has 2 nitrogen and oxygen atoms in total. The number of alkyl halides is 1. The summed E-state index contributed by atoms with van der Waals surface area (Å²) in [6, 6.07) is 0.800.